The normalized spacial score (nSPS) is 29.3. The Bertz CT molecular complexity index is 490. The van der Waals surface area contributed by atoms with Gasteiger partial charge in [0.15, 0.2) is 12.2 Å². The Morgan fingerprint density at radius 1 is 0.833 bits per heavy atom. The second-order valence-corrected chi connectivity index (χ2v) is 5.05. The Kier molecular flexibility index (Phi) is 7.08. The van der Waals surface area contributed by atoms with Gasteiger partial charge in [-0.15, -0.1) is 0 Å². The van der Waals surface area contributed by atoms with Crippen molar-refractivity contribution in [1.82, 2.24) is 0 Å². The van der Waals surface area contributed by atoms with Gasteiger partial charge in [0.05, 0.1) is 0 Å². The van der Waals surface area contributed by atoms with Crippen molar-refractivity contribution in [1.29, 1.82) is 0 Å². The van der Waals surface area contributed by atoms with Gasteiger partial charge in [0.2, 0.25) is 12.5 Å². The standard InChI is InChI=1S/C14H19FO9/c1-6(16)20-5-10-12(21-7(2)17)13(22-8(3)18)11(15)14(24-10)23-9(4)19/h10-14H,5H2,1-4H3/t10-,11-,12-,13-,14-/m1/s1/i15-1. The van der Waals surface area contributed by atoms with Crippen LogP contribution in [0.2, 0.25) is 0 Å². The molecule has 0 spiro atoms. The molecule has 0 amide bonds. The van der Waals surface area contributed by atoms with Crippen molar-refractivity contribution >= 4 is 23.9 Å². The molecule has 5 atom stereocenters. The van der Waals surface area contributed by atoms with Gasteiger partial charge in [0, 0.05) is 27.7 Å². The Morgan fingerprint density at radius 2 is 1.33 bits per heavy atom. The zero-order chi connectivity index (χ0) is 18.4. The van der Waals surface area contributed by atoms with E-state index < -0.39 is 61.3 Å². The highest BCUT2D eigenvalue weighted by Gasteiger charge is 2.52. The summed E-state index contributed by atoms with van der Waals surface area (Å²) in [7, 11) is 0. The zero-order valence-corrected chi connectivity index (χ0v) is 13.6. The number of hydrogen-bond donors (Lipinski definition) is 0. The number of alkyl halides is 1. The highest BCUT2D eigenvalue weighted by molar-refractivity contribution is 5.68. The third-order valence-electron chi connectivity index (χ3n) is 2.91. The summed E-state index contributed by atoms with van der Waals surface area (Å²) in [5, 5.41) is 0. The first-order valence-corrected chi connectivity index (χ1v) is 7.06. The fourth-order valence-corrected chi connectivity index (χ4v) is 2.12. The number of esters is 4. The molecule has 1 aliphatic heterocycles. The number of rotatable bonds is 5. The molecule has 10 heteroatoms. The molecule has 0 N–H and O–H groups in total. The second-order valence-electron chi connectivity index (χ2n) is 5.05. The molecule has 1 aliphatic rings. The van der Waals surface area contributed by atoms with E-state index in [2.05, 4.69) is 0 Å². The summed E-state index contributed by atoms with van der Waals surface area (Å²) in [6, 6.07) is 0. The number of halogens is 1. The predicted molar refractivity (Wildman–Crippen MR) is 73.1 cm³/mol. The number of ether oxygens (including phenoxy) is 5. The molecule has 0 aromatic carbocycles. The molecule has 24 heavy (non-hydrogen) atoms. The summed E-state index contributed by atoms with van der Waals surface area (Å²) < 4.78 is 39.0. The molecule has 0 bridgehead atoms. The molecule has 9 nitrogen and oxygen atoms in total. The van der Waals surface area contributed by atoms with Crippen molar-refractivity contribution in [3.8, 4) is 0 Å². The molecule has 1 rings (SSSR count). The maximum absolute atomic E-state index is 14.5. The second kappa shape index (κ2) is 8.57. The van der Waals surface area contributed by atoms with E-state index in [1.54, 1.807) is 0 Å². The van der Waals surface area contributed by atoms with Crippen molar-refractivity contribution in [3.05, 3.63) is 0 Å². The summed E-state index contributed by atoms with van der Waals surface area (Å²) >= 11 is 0. The van der Waals surface area contributed by atoms with Gasteiger partial charge in [-0.2, -0.15) is 0 Å². The van der Waals surface area contributed by atoms with Crippen LogP contribution in [-0.4, -0.2) is 61.3 Å². The SMILES string of the molecule is CC(=O)OC[C@H]1O[C@@H](OC(C)=O)[C@H]([18F])[C@@H](OC(C)=O)[C@@H]1OC(C)=O. The van der Waals surface area contributed by atoms with Gasteiger partial charge in [-0.1, -0.05) is 0 Å². The van der Waals surface area contributed by atoms with Gasteiger partial charge >= 0.3 is 23.9 Å². The van der Waals surface area contributed by atoms with Crippen LogP contribution in [0.15, 0.2) is 0 Å². The van der Waals surface area contributed by atoms with E-state index in [9.17, 15) is 23.6 Å². The molecule has 0 aliphatic carbocycles. The summed E-state index contributed by atoms with van der Waals surface area (Å²) in [4.78, 5) is 44.5. The Labute approximate surface area is 137 Å². The van der Waals surface area contributed by atoms with Crippen LogP contribution < -0.4 is 0 Å². The Hall–Kier alpha value is -2.23. The van der Waals surface area contributed by atoms with Crippen LogP contribution in [0.3, 0.4) is 0 Å². The topological polar surface area (TPSA) is 114 Å². The van der Waals surface area contributed by atoms with E-state index >= 15 is 0 Å². The lowest BCUT2D eigenvalue weighted by Crippen LogP contribution is -2.60. The van der Waals surface area contributed by atoms with Crippen molar-refractivity contribution in [2.24, 2.45) is 0 Å². The first kappa shape index (κ1) is 19.8. The van der Waals surface area contributed by atoms with Crippen molar-refractivity contribution < 1.29 is 47.3 Å². The van der Waals surface area contributed by atoms with Crippen LogP contribution in [0.25, 0.3) is 0 Å². The number of carbonyl (C=O) groups excluding carboxylic acids is 4. The minimum atomic E-state index is -2.10. The molecule has 136 valence electrons. The largest absolute Gasteiger partial charge is 0.463 e. The van der Waals surface area contributed by atoms with Gasteiger partial charge in [-0.25, -0.2) is 4.39 Å². The van der Waals surface area contributed by atoms with Crippen LogP contribution in [0.5, 0.6) is 0 Å². The van der Waals surface area contributed by atoms with E-state index in [0.717, 1.165) is 27.7 Å². The number of hydrogen-bond acceptors (Lipinski definition) is 9. The molecule has 1 saturated heterocycles. The molecule has 0 aromatic rings. The lowest BCUT2D eigenvalue weighted by atomic mass is 9.99. The van der Waals surface area contributed by atoms with Gasteiger partial charge < -0.3 is 23.7 Å². The maximum atomic E-state index is 14.5. The first-order valence-electron chi connectivity index (χ1n) is 7.06. The molecule has 0 saturated carbocycles. The fraction of sp³-hybridized carbons (Fsp3) is 0.714. The van der Waals surface area contributed by atoms with Gasteiger partial charge in [0.1, 0.15) is 12.7 Å². The highest BCUT2D eigenvalue weighted by atomic mass is 18.2. The molecule has 1 heterocycles. The Morgan fingerprint density at radius 3 is 1.79 bits per heavy atom. The van der Waals surface area contributed by atoms with E-state index in [4.69, 9.17) is 23.7 Å². The zero-order valence-electron chi connectivity index (χ0n) is 13.6. The third-order valence-corrected chi connectivity index (χ3v) is 2.91. The molecule has 0 unspecified atom stereocenters. The van der Waals surface area contributed by atoms with E-state index in [1.807, 2.05) is 0 Å². The summed E-state index contributed by atoms with van der Waals surface area (Å²) in [5.74, 6) is -3.11. The van der Waals surface area contributed by atoms with Gasteiger partial charge in [0.25, 0.3) is 0 Å². The van der Waals surface area contributed by atoms with E-state index in [-0.39, 0.29) is 0 Å². The smallest absolute Gasteiger partial charge is 0.305 e. The molecule has 0 aromatic heterocycles. The molecule has 1 fully saturated rings. The van der Waals surface area contributed by atoms with Crippen molar-refractivity contribution in [3.63, 3.8) is 0 Å². The summed E-state index contributed by atoms with van der Waals surface area (Å²) in [6.07, 6.45) is -7.98. The lowest BCUT2D eigenvalue weighted by molar-refractivity contribution is -0.284. The van der Waals surface area contributed by atoms with Crippen molar-refractivity contribution in [2.45, 2.75) is 58.5 Å². The summed E-state index contributed by atoms with van der Waals surface area (Å²) in [6.45, 7) is 3.86. The van der Waals surface area contributed by atoms with Crippen LogP contribution in [0.4, 0.5) is 4.39 Å². The van der Waals surface area contributed by atoms with Crippen molar-refractivity contribution in [2.75, 3.05) is 6.61 Å². The molecule has 0 radical (unpaired) electrons. The van der Waals surface area contributed by atoms with Crippen LogP contribution in [0.1, 0.15) is 27.7 Å². The van der Waals surface area contributed by atoms with E-state index in [0.29, 0.717) is 0 Å². The van der Waals surface area contributed by atoms with Gasteiger partial charge in [-0.3, -0.25) is 19.2 Å². The summed E-state index contributed by atoms with van der Waals surface area (Å²) in [5.41, 5.74) is 0. The predicted octanol–water partition coefficient (Wildman–Crippen LogP) is 0.0390. The fourth-order valence-electron chi connectivity index (χ4n) is 2.12. The minimum absolute atomic E-state index is 0.421. The first-order chi connectivity index (χ1) is 11.1. The monoisotopic (exact) mass is 349 g/mol. The number of carbonyl (C=O) groups is 4. The molecular formula is C14H19FO9. The van der Waals surface area contributed by atoms with Crippen LogP contribution in [-0.2, 0) is 42.9 Å². The average Bonchev–Trinajstić information content (AvgIpc) is 2.42. The van der Waals surface area contributed by atoms with Crippen LogP contribution in [0, 0.1) is 0 Å². The minimum Gasteiger partial charge on any atom is -0.463 e. The third kappa shape index (κ3) is 5.76. The molecular weight excluding hydrogens is 330 g/mol. The highest BCUT2D eigenvalue weighted by Crippen LogP contribution is 2.29. The van der Waals surface area contributed by atoms with E-state index in [1.165, 1.54) is 0 Å². The quantitative estimate of drug-likeness (QED) is 0.501. The lowest BCUT2D eigenvalue weighted by Gasteiger charge is -2.41. The van der Waals surface area contributed by atoms with Gasteiger partial charge in [-0.05, 0) is 0 Å². The average molecular weight is 349 g/mol. The Balaban J connectivity index is 3.08. The van der Waals surface area contributed by atoms with Crippen LogP contribution >= 0.6 is 0 Å². The maximum Gasteiger partial charge on any atom is 0.305 e.